The van der Waals surface area contributed by atoms with Crippen molar-refractivity contribution in [3.8, 4) is 11.8 Å². The highest BCUT2D eigenvalue weighted by Gasteiger charge is 2.28. The lowest BCUT2D eigenvalue weighted by atomic mass is 10.2. The van der Waals surface area contributed by atoms with Crippen LogP contribution in [0.25, 0.3) is 5.69 Å². The highest BCUT2D eigenvalue weighted by Crippen LogP contribution is 2.40. The van der Waals surface area contributed by atoms with Gasteiger partial charge in [0.1, 0.15) is 5.82 Å². The Labute approximate surface area is 154 Å². The van der Waals surface area contributed by atoms with Gasteiger partial charge >= 0.3 is 0 Å². The van der Waals surface area contributed by atoms with Crippen LogP contribution in [0.15, 0.2) is 36.4 Å². The molecule has 0 radical (unpaired) electrons. The number of hydrogen-bond acceptors (Lipinski definition) is 4. The number of amides is 1. The molecule has 3 rings (SSSR count). The molecule has 1 unspecified atom stereocenters. The Bertz CT molecular complexity index is 788. The topological polar surface area (TPSA) is 74.0 Å². The summed E-state index contributed by atoms with van der Waals surface area (Å²) in [5.41, 5.74) is 1.97. The van der Waals surface area contributed by atoms with Crippen molar-refractivity contribution < 1.29 is 4.79 Å². The molecular weight excluding hydrogens is 326 g/mol. The fraction of sp³-hybridized carbons (Fsp3) is 0.450. The lowest BCUT2D eigenvalue weighted by Gasteiger charge is -2.20. The number of hydrogen-bond donors (Lipinski definition) is 1. The summed E-state index contributed by atoms with van der Waals surface area (Å²) < 4.78 is 1.81. The van der Waals surface area contributed by atoms with Crippen molar-refractivity contribution in [2.24, 2.45) is 5.92 Å². The van der Waals surface area contributed by atoms with Crippen LogP contribution in [0.5, 0.6) is 0 Å². The molecule has 6 nitrogen and oxygen atoms in total. The minimum absolute atomic E-state index is 0.0867. The van der Waals surface area contributed by atoms with Crippen LogP contribution in [0.3, 0.4) is 0 Å². The van der Waals surface area contributed by atoms with E-state index in [1.165, 1.54) is 0 Å². The molecule has 6 heteroatoms. The molecule has 2 aromatic rings. The van der Waals surface area contributed by atoms with E-state index in [1.54, 1.807) is 4.68 Å². The zero-order valence-electron chi connectivity index (χ0n) is 15.4. The second-order valence-electron chi connectivity index (χ2n) is 6.88. The standard InChI is InChI=1S/C20H25N5O/c1-3-24(13-15(2)12-21)14-20(26)22-19-11-18(16-9-10-16)23-25(19)17-7-5-4-6-8-17/h4-8,11,15-16H,3,9-10,13-14H2,1-2H3,(H,22,26). The molecule has 1 aromatic heterocycles. The normalized spacial score (nSPS) is 14.8. The zero-order valence-corrected chi connectivity index (χ0v) is 15.4. The molecule has 0 spiro atoms. The number of para-hydroxylation sites is 1. The Morgan fingerprint density at radius 3 is 2.77 bits per heavy atom. The number of carbonyl (C=O) groups is 1. The molecule has 136 valence electrons. The number of likely N-dealkylation sites (N-methyl/N-ethyl adjacent to an activating group) is 1. The minimum Gasteiger partial charge on any atom is -0.309 e. The van der Waals surface area contributed by atoms with E-state index in [0.717, 1.165) is 30.8 Å². The van der Waals surface area contributed by atoms with Gasteiger partial charge in [-0.3, -0.25) is 9.69 Å². The molecule has 1 aromatic carbocycles. The number of nitrogens with one attached hydrogen (secondary N) is 1. The molecule has 1 amide bonds. The minimum atomic E-state index is -0.0981. The molecule has 1 fully saturated rings. The zero-order chi connectivity index (χ0) is 18.5. The third kappa shape index (κ3) is 4.50. The van der Waals surface area contributed by atoms with Gasteiger partial charge in [-0.05, 0) is 38.4 Å². The van der Waals surface area contributed by atoms with Crippen molar-refractivity contribution in [2.75, 3.05) is 25.0 Å². The fourth-order valence-corrected chi connectivity index (χ4v) is 2.95. The summed E-state index contributed by atoms with van der Waals surface area (Å²) in [6, 6.07) is 14.0. The molecule has 1 heterocycles. The monoisotopic (exact) mass is 351 g/mol. The van der Waals surface area contributed by atoms with Crippen LogP contribution in [0.2, 0.25) is 0 Å². The lowest BCUT2D eigenvalue weighted by molar-refractivity contribution is -0.117. The first-order valence-electron chi connectivity index (χ1n) is 9.18. The van der Waals surface area contributed by atoms with Crippen molar-refractivity contribution in [1.82, 2.24) is 14.7 Å². The molecule has 1 saturated carbocycles. The quantitative estimate of drug-likeness (QED) is 0.793. The van der Waals surface area contributed by atoms with Gasteiger partial charge in [0.15, 0.2) is 0 Å². The summed E-state index contributed by atoms with van der Waals surface area (Å²) in [5, 5.41) is 16.7. The van der Waals surface area contributed by atoms with E-state index in [9.17, 15) is 4.79 Å². The SMILES string of the molecule is CCN(CC(=O)Nc1cc(C2CC2)nn1-c1ccccc1)CC(C)C#N. The molecule has 1 aliphatic carbocycles. The van der Waals surface area contributed by atoms with Crippen molar-refractivity contribution in [3.63, 3.8) is 0 Å². The van der Waals surface area contributed by atoms with E-state index in [4.69, 9.17) is 10.4 Å². The molecule has 1 aliphatic rings. The predicted octanol–water partition coefficient (Wildman–Crippen LogP) is 3.17. The number of benzene rings is 1. The first-order valence-corrected chi connectivity index (χ1v) is 9.18. The second-order valence-corrected chi connectivity index (χ2v) is 6.88. The van der Waals surface area contributed by atoms with Gasteiger partial charge in [0.25, 0.3) is 0 Å². The average Bonchev–Trinajstić information content (AvgIpc) is 3.42. The Morgan fingerprint density at radius 1 is 1.42 bits per heavy atom. The van der Waals surface area contributed by atoms with E-state index in [0.29, 0.717) is 18.3 Å². The summed E-state index contributed by atoms with van der Waals surface area (Å²) in [7, 11) is 0. The maximum Gasteiger partial charge on any atom is 0.239 e. The smallest absolute Gasteiger partial charge is 0.239 e. The van der Waals surface area contributed by atoms with Gasteiger partial charge in [-0.25, -0.2) is 4.68 Å². The van der Waals surface area contributed by atoms with Gasteiger partial charge in [-0.1, -0.05) is 25.1 Å². The number of anilines is 1. The van der Waals surface area contributed by atoms with Crippen LogP contribution >= 0.6 is 0 Å². The van der Waals surface area contributed by atoms with Crippen LogP contribution < -0.4 is 5.32 Å². The molecule has 1 N–H and O–H groups in total. The summed E-state index contributed by atoms with van der Waals surface area (Å²) in [4.78, 5) is 14.5. The van der Waals surface area contributed by atoms with Crippen LogP contribution in [0.1, 0.15) is 38.3 Å². The van der Waals surface area contributed by atoms with Crippen molar-refractivity contribution in [2.45, 2.75) is 32.6 Å². The van der Waals surface area contributed by atoms with Gasteiger partial charge in [0.05, 0.1) is 29.9 Å². The van der Waals surface area contributed by atoms with Crippen LogP contribution in [0, 0.1) is 17.2 Å². The van der Waals surface area contributed by atoms with Gasteiger partial charge in [-0.15, -0.1) is 0 Å². The molecule has 0 saturated heterocycles. The highest BCUT2D eigenvalue weighted by molar-refractivity contribution is 5.91. The molecule has 0 aliphatic heterocycles. The largest absolute Gasteiger partial charge is 0.309 e. The fourth-order valence-electron chi connectivity index (χ4n) is 2.95. The van der Waals surface area contributed by atoms with Gasteiger partial charge in [0.2, 0.25) is 5.91 Å². The predicted molar refractivity (Wildman–Crippen MR) is 101 cm³/mol. The van der Waals surface area contributed by atoms with Gasteiger partial charge < -0.3 is 5.32 Å². The second kappa shape index (κ2) is 8.15. The Kier molecular flexibility index (Phi) is 5.69. The molecule has 0 bridgehead atoms. The van der Waals surface area contributed by atoms with E-state index < -0.39 is 0 Å². The number of rotatable bonds is 8. The van der Waals surface area contributed by atoms with Crippen molar-refractivity contribution in [1.29, 1.82) is 5.26 Å². The lowest BCUT2D eigenvalue weighted by Crippen LogP contribution is -2.36. The van der Waals surface area contributed by atoms with Gasteiger partial charge in [0, 0.05) is 18.5 Å². The number of aromatic nitrogens is 2. The van der Waals surface area contributed by atoms with E-state index in [1.807, 2.05) is 55.1 Å². The highest BCUT2D eigenvalue weighted by atomic mass is 16.2. The summed E-state index contributed by atoms with van der Waals surface area (Å²) in [6.45, 7) is 5.45. The van der Waals surface area contributed by atoms with Crippen molar-refractivity contribution in [3.05, 3.63) is 42.1 Å². The Morgan fingerprint density at radius 2 is 2.15 bits per heavy atom. The third-order valence-electron chi connectivity index (χ3n) is 4.56. The van der Waals surface area contributed by atoms with Crippen LogP contribution in [-0.2, 0) is 4.79 Å². The third-order valence-corrected chi connectivity index (χ3v) is 4.56. The van der Waals surface area contributed by atoms with Crippen LogP contribution in [-0.4, -0.2) is 40.2 Å². The van der Waals surface area contributed by atoms with E-state index in [2.05, 4.69) is 11.4 Å². The maximum absolute atomic E-state index is 12.6. The first-order chi connectivity index (χ1) is 12.6. The Balaban J connectivity index is 1.74. The summed E-state index contributed by atoms with van der Waals surface area (Å²) in [6.07, 6.45) is 2.32. The van der Waals surface area contributed by atoms with Gasteiger partial charge in [-0.2, -0.15) is 10.4 Å². The number of carbonyl (C=O) groups excluding carboxylic acids is 1. The average molecular weight is 351 g/mol. The van der Waals surface area contributed by atoms with Crippen molar-refractivity contribution >= 4 is 11.7 Å². The van der Waals surface area contributed by atoms with E-state index in [-0.39, 0.29) is 18.4 Å². The molecule has 1 atom stereocenters. The Hall–Kier alpha value is -2.65. The van der Waals surface area contributed by atoms with Crippen LogP contribution in [0.4, 0.5) is 5.82 Å². The van der Waals surface area contributed by atoms with E-state index >= 15 is 0 Å². The number of nitrogens with zero attached hydrogens (tertiary/aromatic N) is 4. The molecular formula is C20H25N5O. The molecule has 26 heavy (non-hydrogen) atoms. The number of nitriles is 1. The summed E-state index contributed by atoms with van der Waals surface area (Å²) >= 11 is 0. The summed E-state index contributed by atoms with van der Waals surface area (Å²) in [5.74, 6) is 1.03. The first kappa shape index (κ1) is 18.2. The maximum atomic E-state index is 12.6.